The van der Waals surface area contributed by atoms with Gasteiger partial charge in [-0.15, -0.1) is 0 Å². The van der Waals surface area contributed by atoms with Crippen molar-refractivity contribution >= 4 is 11.6 Å². The highest BCUT2D eigenvalue weighted by Crippen LogP contribution is 2.20. The second-order valence-corrected chi connectivity index (χ2v) is 4.54. The zero-order valence-electron chi connectivity index (χ0n) is 10.2. The summed E-state index contributed by atoms with van der Waals surface area (Å²) in [6, 6.07) is 7.79. The first kappa shape index (κ1) is 12.7. The maximum Gasteiger partial charge on any atom is 0.221 e. The summed E-state index contributed by atoms with van der Waals surface area (Å²) < 4.78 is 0. The van der Waals surface area contributed by atoms with Crippen LogP contribution in [-0.2, 0) is 4.79 Å². The fourth-order valence-electron chi connectivity index (χ4n) is 1.66. The number of hydrogen-bond donors (Lipinski definition) is 2. The summed E-state index contributed by atoms with van der Waals surface area (Å²) in [5.41, 5.74) is 7.99. The Kier molecular flexibility index (Phi) is 4.50. The van der Waals surface area contributed by atoms with Gasteiger partial charge in [-0.1, -0.05) is 26.0 Å². The van der Waals surface area contributed by atoms with Crippen LogP contribution < -0.4 is 11.1 Å². The van der Waals surface area contributed by atoms with Crippen molar-refractivity contribution in [3.05, 3.63) is 29.8 Å². The molecule has 3 nitrogen and oxygen atoms in total. The SMILES string of the molecule is CC(=O)Nc1ccc([C@@H](N)CC(C)C)cc1. The fraction of sp³-hybridized carbons (Fsp3) is 0.462. The third-order valence-corrected chi connectivity index (χ3v) is 2.38. The van der Waals surface area contributed by atoms with Crippen molar-refractivity contribution in [2.24, 2.45) is 11.7 Å². The topological polar surface area (TPSA) is 55.1 Å². The molecule has 0 saturated carbocycles. The van der Waals surface area contributed by atoms with Gasteiger partial charge in [-0.3, -0.25) is 4.79 Å². The number of rotatable bonds is 4. The largest absolute Gasteiger partial charge is 0.326 e. The summed E-state index contributed by atoms with van der Waals surface area (Å²) in [5, 5.41) is 2.73. The van der Waals surface area contributed by atoms with Crippen LogP contribution >= 0.6 is 0 Å². The molecule has 3 heteroatoms. The van der Waals surface area contributed by atoms with Crippen LogP contribution in [0.2, 0.25) is 0 Å². The molecule has 0 radical (unpaired) electrons. The van der Waals surface area contributed by atoms with Gasteiger partial charge < -0.3 is 11.1 Å². The van der Waals surface area contributed by atoms with Crippen LogP contribution in [0.5, 0.6) is 0 Å². The van der Waals surface area contributed by atoms with Gasteiger partial charge in [-0.05, 0) is 30.0 Å². The van der Waals surface area contributed by atoms with Gasteiger partial charge in [-0.25, -0.2) is 0 Å². The maximum atomic E-state index is 10.8. The van der Waals surface area contributed by atoms with Crippen molar-refractivity contribution in [1.82, 2.24) is 0 Å². The van der Waals surface area contributed by atoms with E-state index in [0.29, 0.717) is 5.92 Å². The lowest BCUT2D eigenvalue weighted by Gasteiger charge is -2.14. The molecule has 0 aliphatic rings. The molecular weight excluding hydrogens is 200 g/mol. The van der Waals surface area contributed by atoms with E-state index in [-0.39, 0.29) is 11.9 Å². The quantitative estimate of drug-likeness (QED) is 0.819. The van der Waals surface area contributed by atoms with Crippen LogP contribution in [0, 0.1) is 5.92 Å². The molecule has 1 aromatic carbocycles. The average molecular weight is 220 g/mol. The Morgan fingerprint density at radius 2 is 1.88 bits per heavy atom. The summed E-state index contributed by atoms with van der Waals surface area (Å²) in [7, 11) is 0. The van der Waals surface area contributed by atoms with E-state index in [1.165, 1.54) is 6.92 Å². The van der Waals surface area contributed by atoms with Crippen molar-refractivity contribution in [2.45, 2.75) is 33.2 Å². The van der Waals surface area contributed by atoms with E-state index < -0.39 is 0 Å². The average Bonchev–Trinajstić information content (AvgIpc) is 2.16. The van der Waals surface area contributed by atoms with Gasteiger partial charge in [0.2, 0.25) is 5.91 Å². The van der Waals surface area contributed by atoms with Crippen LogP contribution in [-0.4, -0.2) is 5.91 Å². The predicted molar refractivity (Wildman–Crippen MR) is 67.1 cm³/mol. The summed E-state index contributed by atoms with van der Waals surface area (Å²) in [6.45, 7) is 5.81. The highest BCUT2D eigenvalue weighted by atomic mass is 16.1. The third-order valence-electron chi connectivity index (χ3n) is 2.38. The molecule has 0 spiro atoms. The molecule has 0 bridgehead atoms. The minimum Gasteiger partial charge on any atom is -0.326 e. The molecular formula is C13H20N2O. The van der Waals surface area contributed by atoms with Crippen LogP contribution in [0.3, 0.4) is 0 Å². The molecule has 0 aromatic heterocycles. The normalized spacial score (nSPS) is 12.6. The molecule has 1 aromatic rings. The number of nitrogens with one attached hydrogen (secondary N) is 1. The Morgan fingerprint density at radius 1 is 1.31 bits per heavy atom. The molecule has 1 atom stereocenters. The fourth-order valence-corrected chi connectivity index (χ4v) is 1.66. The second kappa shape index (κ2) is 5.66. The second-order valence-electron chi connectivity index (χ2n) is 4.54. The Bertz CT molecular complexity index is 343. The van der Waals surface area contributed by atoms with Gasteiger partial charge in [0, 0.05) is 18.7 Å². The molecule has 0 saturated heterocycles. The zero-order valence-corrected chi connectivity index (χ0v) is 10.2. The van der Waals surface area contributed by atoms with Gasteiger partial charge in [0.05, 0.1) is 0 Å². The molecule has 3 N–H and O–H groups in total. The van der Waals surface area contributed by atoms with E-state index in [9.17, 15) is 4.79 Å². The lowest BCUT2D eigenvalue weighted by Crippen LogP contribution is -2.13. The van der Waals surface area contributed by atoms with Crippen LogP contribution in [0.4, 0.5) is 5.69 Å². The molecule has 0 unspecified atom stereocenters. The number of hydrogen-bond acceptors (Lipinski definition) is 2. The molecule has 0 aliphatic carbocycles. The van der Waals surface area contributed by atoms with E-state index in [4.69, 9.17) is 5.73 Å². The summed E-state index contributed by atoms with van der Waals surface area (Å²) in [6.07, 6.45) is 0.972. The number of nitrogens with two attached hydrogens (primary N) is 1. The van der Waals surface area contributed by atoms with Gasteiger partial charge in [-0.2, -0.15) is 0 Å². The van der Waals surface area contributed by atoms with Crippen LogP contribution in [0.15, 0.2) is 24.3 Å². The van der Waals surface area contributed by atoms with Gasteiger partial charge in [0.15, 0.2) is 0 Å². The number of anilines is 1. The first-order chi connectivity index (χ1) is 7.49. The van der Waals surface area contributed by atoms with Gasteiger partial charge in [0.25, 0.3) is 0 Å². The van der Waals surface area contributed by atoms with Crippen LogP contribution in [0.1, 0.15) is 38.8 Å². The van der Waals surface area contributed by atoms with Crippen molar-refractivity contribution in [3.63, 3.8) is 0 Å². The first-order valence-corrected chi connectivity index (χ1v) is 5.62. The van der Waals surface area contributed by atoms with Crippen molar-refractivity contribution in [3.8, 4) is 0 Å². The number of carbonyl (C=O) groups is 1. The summed E-state index contributed by atoms with van der Waals surface area (Å²) >= 11 is 0. The zero-order chi connectivity index (χ0) is 12.1. The lowest BCUT2D eigenvalue weighted by atomic mass is 9.98. The van der Waals surface area contributed by atoms with Crippen LogP contribution in [0.25, 0.3) is 0 Å². The van der Waals surface area contributed by atoms with E-state index in [1.54, 1.807) is 0 Å². The van der Waals surface area contributed by atoms with E-state index in [1.807, 2.05) is 24.3 Å². The van der Waals surface area contributed by atoms with Gasteiger partial charge in [0.1, 0.15) is 0 Å². The number of amides is 1. The Hall–Kier alpha value is -1.35. The first-order valence-electron chi connectivity index (χ1n) is 5.62. The summed E-state index contributed by atoms with van der Waals surface area (Å²) in [4.78, 5) is 10.8. The molecule has 16 heavy (non-hydrogen) atoms. The highest BCUT2D eigenvalue weighted by molar-refractivity contribution is 5.88. The minimum atomic E-state index is -0.0563. The number of carbonyl (C=O) groups excluding carboxylic acids is 1. The third kappa shape index (κ3) is 4.03. The molecule has 0 aliphatic heterocycles. The molecule has 1 rings (SSSR count). The van der Waals surface area contributed by atoms with E-state index in [0.717, 1.165) is 17.7 Å². The van der Waals surface area contributed by atoms with Crippen molar-refractivity contribution in [1.29, 1.82) is 0 Å². The van der Waals surface area contributed by atoms with Crippen molar-refractivity contribution < 1.29 is 4.79 Å². The minimum absolute atomic E-state index is 0.0563. The molecule has 88 valence electrons. The highest BCUT2D eigenvalue weighted by Gasteiger charge is 2.08. The summed E-state index contributed by atoms with van der Waals surface area (Å²) in [5.74, 6) is 0.532. The van der Waals surface area contributed by atoms with E-state index >= 15 is 0 Å². The van der Waals surface area contributed by atoms with Crippen molar-refractivity contribution in [2.75, 3.05) is 5.32 Å². The lowest BCUT2D eigenvalue weighted by molar-refractivity contribution is -0.114. The molecule has 0 fully saturated rings. The maximum absolute atomic E-state index is 10.8. The Morgan fingerprint density at radius 3 is 2.31 bits per heavy atom. The number of benzene rings is 1. The Balaban J connectivity index is 2.66. The smallest absolute Gasteiger partial charge is 0.221 e. The van der Waals surface area contributed by atoms with E-state index in [2.05, 4.69) is 19.2 Å². The molecule has 1 amide bonds. The standard InChI is InChI=1S/C13H20N2O/c1-9(2)8-13(14)11-4-6-12(7-5-11)15-10(3)16/h4-7,9,13H,8,14H2,1-3H3,(H,15,16)/t13-/m0/s1. The molecule has 0 heterocycles. The monoisotopic (exact) mass is 220 g/mol. The van der Waals surface area contributed by atoms with Gasteiger partial charge >= 0.3 is 0 Å². The predicted octanol–water partition coefficient (Wildman–Crippen LogP) is 2.69. The Labute approximate surface area is 97.0 Å².